The first-order chi connectivity index (χ1) is 12.5. The number of aromatic nitrogens is 1. The molecule has 2 heterocycles. The van der Waals surface area contributed by atoms with E-state index in [4.69, 9.17) is 0 Å². The fourth-order valence-corrected chi connectivity index (χ4v) is 3.26. The number of hydrogen-bond acceptors (Lipinski definition) is 5. The van der Waals surface area contributed by atoms with Gasteiger partial charge in [-0.1, -0.05) is 29.8 Å². The third-order valence-corrected chi connectivity index (χ3v) is 4.72. The molecule has 2 aromatic rings. The van der Waals surface area contributed by atoms with Gasteiger partial charge in [-0.05, 0) is 42.5 Å². The summed E-state index contributed by atoms with van der Waals surface area (Å²) < 4.78 is 0. The summed E-state index contributed by atoms with van der Waals surface area (Å²) in [5.41, 5.74) is 2.47. The van der Waals surface area contributed by atoms with E-state index in [0.717, 1.165) is 27.8 Å². The molecule has 1 aromatic carbocycles. The van der Waals surface area contributed by atoms with Gasteiger partial charge in [0, 0.05) is 31.0 Å². The lowest BCUT2D eigenvalue weighted by Crippen LogP contribution is -2.37. The Kier molecular flexibility index (Phi) is 5.48. The monoisotopic (exact) mass is 367 g/mol. The first-order valence-electron chi connectivity index (χ1n) is 8.05. The standard InChI is InChI=1S/C19H17N3O3S/c1-13-2-4-14(5-3-13)12-16-18(24)22(19(25)26-16)11-10-21-17(23)15-6-8-20-9-7-15/h2-9,12H,10-11H2,1H3,(H,21,23)/b16-12-. The van der Waals surface area contributed by atoms with Gasteiger partial charge in [-0.3, -0.25) is 24.3 Å². The van der Waals surface area contributed by atoms with E-state index in [2.05, 4.69) is 10.3 Å². The Labute approximate surface area is 155 Å². The van der Waals surface area contributed by atoms with E-state index < -0.39 is 0 Å². The molecule has 7 heteroatoms. The molecule has 0 aliphatic carbocycles. The van der Waals surface area contributed by atoms with Crippen molar-refractivity contribution < 1.29 is 14.4 Å². The minimum atomic E-state index is -0.335. The molecule has 6 nitrogen and oxygen atoms in total. The molecule has 0 atom stereocenters. The second-order valence-corrected chi connectivity index (χ2v) is 6.73. The molecule has 132 valence electrons. The van der Waals surface area contributed by atoms with Crippen LogP contribution in [0.2, 0.25) is 0 Å². The van der Waals surface area contributed by atoms with Crippen molar-refractivity contribution in [3.05, 3.63) is 70.4 Å². The van der Waals surface area contributed by atoms with Crippen molar-refractivity contribution in [3.8, 4) is 0 Å². The Balaban J connectivity index is 1.59. The number of nitrogens with one attached hydrogen (secondary N) is 1. The zero-order chi connectivity index (χ0) is 18.5. The number of hydrogen-bond donors (Lipinski definition) is 1. The summed E-state index contributed by atoms with van der Waals surface area (Å²) in [4.78, 5) is 41.9. The van der Waals surface area contributed by atoms with Gasteiger partial charge in [-0.2, -0.15) is 0 Å². The molecular weight excluding hydrogens is 350 g/mol. The summed E-state index contributed by atoms with van der Waals surface area (Å²) in [6.07, 6.45) is 4.77. The number of carbonyl (C=O) groups is 3. The van der Waals surface area contributed by atoms with Gasteiger partial charge in [0.15, 0.2) is 0 Å². The Bertz CT molecular complexity index is 863. The van der Waals surface area contributed by atoms with Gasteiger partial charge in [0.05, 0.1) is 4.91 Å². The maximum absolute atomic E-state index is 12.4. The van der Waals surface area contributed by atoms with E-state index in [1.165, 1.54) is 12.4 Å². The average Bonchev–Trinajstić information content (AvgIpc) is 2.91. The Morgan fingerprint density at radius 1 is 1.15 bits per heavy atom. The maximum Gasteiger partial charge on any atom is 0.293 e. The predicted molar refractivity (Wildman–Crippen MR) is 100 cm³/mol. The van der Waals surface area contributed by atoms with Gasteiger partial charge >= 0.3 is 0 Å². The van der Waals surface area contributed by atoms with Crippen LogP contribution in [0.1, 0.15) is 21.5 Å². The largest absolute Gasteiger partial charge is 0.350 e. The maximum atomic E-state index is 12.4. The Morgan fingerprint density at radius 2 is 1.85 bits per heavy atom. The van der Waals surface area contributed by atoms with E-state index >= 15 is 0 Å². The summed E-state index contributed by atoms with van der Waals surface area (Å²) in [5, 5.41) is 2.37. The van der Waals surface area contributed by atoms with Crippen LogP contribution in [0.15, 0.2) is 53.7 Å². The first kappa shape index (κ1) is 17.9. The summed E-state index contributed by atoms with van der Waals surface area (Å²) >= 11 is 0.914. The quantitative estimate of drug-likeness (QED) is 0.822. The van der Waals surface area contributed by atoms with Gasteiger partial charge in [-0.25, -0.2) is 0 Å². The van der Waals surface area contributed by atoms with E-state index in [9.17, 15) is 14.4 Å². The molecule has 0 unspecified atom stereocenters. The highest BCUT2D eigenvalue weighted by atomic mass is 32.2. The Morgan fingerprint density at radius 3 is 2.54 bits per heavy atom. The highest BCUT2D eigenvalue weighted by molar-refractivity contribution is 8.18. The molecule has 0 saturated carbocycles. The molecule has 26 heavy (non-hydrogen) atoms. The van der Waals surface area contributed by atoms with Crippen molar-refractivity contribution in [2.75, 3.05) is 13.1 Å². The number of pyridine rings is 1. The van der Waals surface area contributed by atoms with Gasteiger partial charge in [0.1, 0.15) is 0 Å². The van der Waals surface area contributed by atoms with Crippen molar-refractivity contribution >= 4 is 34.9 Å². The lowest BCUT2D eigenvalue weighted by molar-refractivity contribution is -0.122. The van der Waals surface area contributed by atoms with Crippen LogP contribution in [0.4, 0.5) is 4.79 Å². The van der Waals surface area contributed by atoms with Gasteiger partial charge in [0.2, 0.25) is 0 Å². The van der Waals surface area contributed by atoms with Crippen LogP contribution in [0.5, 0.6) is 0 Å². The van der Waals surface area contributed by atoms with Crippen LogP contribution in [0, 0.1) is 6.92 Å². The first-order valence-corrected chi connectivity index (χ1v) is 8.86. The van der Waals surface area contributed by atoms with Crippen molar-refractivity contribution in [2.45, 2.75) is 6.92 Å². The summed E-state index contributed by atoms with van der Waals surface area (Å²) in [5.74, 6) is -0.603. The van der Waals surface area contributed by atoms with E-state index in [-0.39, 0.29) is 30.1 Å². The zero-order valence-electron chi connectivity index (χ0n) is 14.1. The van der Waals surface area contributed by atoms with Crippen LogP contribution in [0.3, 0.4) is 0 Å². The average molecular weight is 367 g/mol. The summed E-state index contributed by atoms with van der Waals surface area (Å²) in [7, 11) is 0. The lowest BCUT2D eigenvalue weighted by Gasteiger charge is -2.12. The number of nitrogens with zero attached hydrogens (tertiary/aromatic N) is 2. The summed E-state index contributed by atoms with van der Waals surface area (Å²) in [6, 6.07) is 10.9. The molecule has 1 aliphatic rings. The van der Waals surface area contributed by atoms with E-state index in [0.29, 0.717) is 10.5 Å². The number of amides is 3. The summed E-state index contributed by atoms with van der Waals surface area (Å²) in [6.45, 7) is 2.31. The second kappa shape index (κ2) is 7.97. The highest BCUT2D eigenvalue weighted by Gasteiger charge is 2.34. The van der Waals surface area contributed by atoms with Crippen molar-refractivity contribution in [1.82, 2.24) is 15.2 Å². The highest BCUT2D eigenvalue weighted by Crippen LogP contribution is 2.31. The molecule has 1 N–H and O–H groups in total. The molecular formula is C19H17N3O3S. The van der Waals surface area contributed by atoms with Gasteiger partial charge in [-0.15, -0.1) is 0 Å². The van der Waals surface area contributed by atoms with Crippen molar-refractivity contribution in [1.29, 1.82) is 0 Å². The molecule has 1 aliphatic heterocycles. The van der Waals surface area contributed by atoms with E-state index in [1.807, 2.05) is 31.2 Å². The minimum absolute atomic E-state index is 0.132. The van der Waals surface area contributed by atoms with Crippen LogP contribution in [0.25, 0.3) is 6.08 Å². The van der Waals surface area contributed by atoms with E-state index in [1.54, 1.807) is 18.2 Å². The molecule has 3 amide bonds. The minimum Gasteiger partial charge on any atom is -0.350 e. The number of rotatable bonds is 5. The second-order valence-electron chi connectivity index (χ2n) is 5.74. The zero-order valence-corrected chi connectivity index (χ0v) is 15.0. The number of benzene rings is 1. The molecule has 3 rings (SSSR count). The Hall–Kier alpha value is -2.93. The SMILES string of the molecule is Cc1ccc(/C=C2\SC(=O)N(CCNC(=O)c3ccncc3)C2=O)cc1. The van der Waals surface area contributed by atoms with Crippen molar-refractivity contribution in [3.63, 3.8) is 0 Å². The number of imide groups is 1. The van der Waals surface area contributed by atoms with Crippen LogP contribution >= 0.6 is 11.8 Å². The van der Waals surface area contributed by atoms with Crippen LogP contribution < -0.4 is 5.32 Å². The topological polar surface area (TPSA) is 79.4 Å². The number of aryl methyl sites for hydroxylation is 1. The lowest BCUT2D eigenvalue weighted by atomic mass is 10.1. The molecule has 0 radical (unpaired) electrons. The van der Waals surface area contributed by atoms with Crippen LogP contribution in [-0.2, 0) is 4.79 Å². The van der Waals surface area contributed by atoms with Gasteiger partial charge < -0.3 is 5.32 Å². The number of carbonyl (C=O) groups excluding carboxylic acids is 3. The number of thioether (sulfide) groups is 1. The predicted octanol–water partition coefficient (Wildman–Crippen LogP) is 2.86. The third kappa shape index (κ3) is 4.18. The fourth-order valence-electron chi connectivity index (χ4n) is 2.39. The van der Waals surface area contributed by atoms with Gasteiger partial charge in [0.25, 0.3) is 17.1 Å². The fraction of sp³-hybridized carbons (Fsp3) is 0.158. The van der Waals surface area contributed by atoms with Crippen LogP contribution in [-0.4, -0.2) is 40.0 Å². The third-order valence-electron chi connectivity index (χ3n) is 3.81. The molecule has 1 fully saturated rings. The molecule has 0 bridgehead atoms. The molecule has 0 spiro atoms. The smallest absolute Gasteiger partial charge is 0.293 e. The normalized spacial score (nSPS) is 15.6. The molecule has 1 aromatic heterocycles. The van der Waals surface area contributed by atoms with Crippen molar-refractivity contribution in [2.24, 2.45) is 0 Å². The molecule has 1 saturated heterocycles.